The number of hydrogen-bond acceptors (Lipinski definition) is 4. The van der Waals surface area contributed by atoms with Gasteiger partial charge in [-0.1, -0.05) is 45.0 Å². The number of Topliss-reactive ketones (excluding diaryl/α,β-unsaturated/α-hetero) is 1. The summed E-state index contributed by atoms with van der Waals surface area (Å²) in [5, 5.41) is 9.15. The highest BCUT2D eigenvalue weighted by atomic mass is 32.2. The monoisotopic (exact) mass is 272 g/mol. The summed E-state index contributed by atoms with van der Waals surface area (Å²) in [6, 6.07) is 6.22. The van der Waals surface area contributed by atoms with Gasteiger partial charge in [0.05, 0.1) is 0 Å². The molecule has 2 N–H and O–H groups in total. The molecule has 0 aromatic heterocycles. The summed E-state index contributed by atoms with van der Waals surface area (Å²) in [6.07, 6.45) is 0. The number of ketones is 1. The standard InChI is InChI=1S/C12H16O5S/c1-12(2,3)9-6-4-8(5-7-9)10(13)11(14)18(15,16)17/h4-7,11,14H,1-3H3,(H,15,16,17). The third kappa shape index (κ3) is 3.38. The zero-order chi connectivity index (χ0) is 14.1. The van der Waals surface area contributed by atoms with E-state index in [0.717, 1.165) is 5.56 Å². The molecule has 0 aliphatic heterocycles. The molecule has 0 amide bonds. The molecule has 5 nitrogen and oxygen atoms in total. The average Bonchev–Trinajstić information content (AvgIpc) is 2.25. The van der Waals surface area contributed by atoms with E-state index in [1.165, 1.54) is 12.1 Å². The van der Waals surface area contributed by atoms with Gasteiger partial charge in [0.2, 0.25) is 11.2 Å². The van der Waals surface area contributed by atoms with Gasteiger partial charge in [-0.2, -0.15) is 8.42 Å². The molecule has 0 bridgehead atoms. The lowest BCUT2D eigenvalue weighted by Gasteiger charge is -2.19. The van der Waals surface area contributed by atoms with E-state index >= 15 is 0 Å². The van der Waals surface area contributed by atoms with Crippen molar-refractivity contribution in [3.05, 3.63) is 35.4 Å². The molecule has 0 saturated carbocycles. The molecule has 0 spiro atoms. The van der Waals surface area contributed by atoms with Crippen molar-refractivity contribution in [3.8, 4) is 0 Å². The molecular formula is C12H16O5S. The molecule has 100 valence electrons. The Hall–Kier alpha value is -1.24. The molecule has 1 aromatic carbocycles. The lowest BCUT2D eigenvalue weighted by molar-refractivity contribution is 0.0848. The third-order valence-electron chi connectivity index (χ3n) is 2.54. The van der Waals surface area contributed by atoms with Crippen LogP contribution in [-0.4, -0.2) is 29.3 Å². The van der Waals surface area contributed by atoms with Gasteiger partial charge in [0.1, 0.15) is 0 Å². The summed E-state index contributed by atoms with van der Waals surface area (Å²) in [7, 11) is -4.78. The minimum Gasteiger partial charge on any atom is -0.369 e. The highest BCUT2D eigenvalue weighted by molar-refractivity contribution is 7.87. The molecule has 1 rings (SSSR count). The zero-order valence-corrected chi connectivity index (χ0v) is 11.2. The maximum absolute atomic E-state index is 11.6. The van der Waals surface area contributed by atoms with Crippen LogP contribution >= 0.6 is 0 Å². The van der Waals surface area contributed by atoms with E-state index in [0.29, 0.717) is 0 Å². The number of benzene rings is 1. The summed E-state index contributed by atoms with van der Waals surface area (Å²) < 4.78 is 29.9. The lowest BCUT2D eigenvalue weighted by Crippen LogP contribution is -2.29. The van der Waals surface area contributed by atoms with E-state index in [1.54, 1.807) is 12.1 Å². The minimum atomic E-state index is -4.78. The average molecular weight is 272 g/mol. The van der Waals surface area contributed by atoms with Gasteiger partial charge in [-0.15, -0.1) is 0 Å². The number of carbonyl (C=O) groups is 1. The molecular weight excluding hydrogens is 256 g/mol. The Kier molecular flexibility index (Phi) is 3.95. The zero-order valence-electron chi connectivity index (χ0n) is 10.4. The second kappa shape index (κ2) is 4.79. The third-order valence-corrected chi connectivity index (χ3v) is 3.32. The topological polar surface area (TPSA) is 91.7 Å². The van der Waals surface area contributed by atoms with Crippen molar-refractivity contribution >= 4 is 15.9 Å². The summed E-state index contributed by atoms with van der Waals surface area (Å²) in [6.45, 7) is 5.99. The fraction of sp³-hybridized carbons (Fsp3) is 0.417. The molecule has 0 heterocycles. The lowest BCUT2D eigenvalue weighted by atomic mass is 9.86. The SMILES string of the molecule is CC(C)(C)c1ccc(C(=O)C(O)S(=O)(=O)O)cc1. The minimum absolute atomic E-state index is 0.0353. The normalized spacial score (nSPS) is 14.3. The van der Waals surface area contributed by atoms with E-state index in [9.17, 15) is 13.2 Å². The summed E-state index contributed by atoms with van der Waals surface area (Å²) >= 11 is 0. The highest BCUT2D eigenvalue weighted by Gasteiger charge is 2.29. The van der Waals surface area contributed by atoms with Gasteiger partial charge in [-0.25, -0.2) is 0 Å². The molecule has 0 aliphatic carbocycles. The first-order valence-corrected chi connectivity index (χ1v) is 6.83. The molecule has 1 atom stereocenters. The first kappa shape index (κ1) is 14.8. The number of hydrogen-bond donors (Lipinski definition) is 2. The second-order valence-electron chi connectivity index (χ2n) is 5.06. The number of aliphatic hydroxyl groups is 1. The smallest absolute Gasteiger partial charge is 0.299 e. The predicted octanol–water partition coefficient (Wildman–Crippen LogP) is 1.37. The molecule has 1 unspecified atom stereocenters. The summed E-state index contributed by atoms with van der Waals surface area (Å²) in [5.41, 5.74) is -1.52. The molecule has 0 saturated heterocycles. The molecule has 6 heteroatoms. The fourth-order valence-electron chi connectivity index (χ4n) is 1.41. The maximum Gasteiger partial charge on any atom is 0.299 e. The van der Waals surface area contributed by atoms with Crippen LogP contribution in [0.5, 0.6) is 0 Å². The molecule has 1 aromatic rings. The van der Waals surface area contributed by atoms with Crippen LogP contribution in [0.3, 0.4) is 0 Å². The van der Waals surface area contributed by atoms with Crippen molar-refractivity contribution in [2.24, 2.45) is 0 Å². The van der Waals surface area contributed by atoms with E-state index < -0.39 is 21.3 Å². The van der Waals surface area contributed by atoms with E-state index in [4.69, 9.17) is 9.66 Å². The first-order chi connectivity index (χ1) is 8.03. The van der Waals surface area contributed by atoms with E-state index in [2.05, 4.69) is 0 Å². The van der Waals surface area contributed by atoms with E-state index in [1.807, 2.05) is 20.8 Å². The van der Waals surface area contributed by atoms with Crippen molar-refractivity contribution in [1.29, 1.82) is 0 Å². The first-order valence-electron chi connectivity index (χ1n) is 5.32. The maximum atomic E-state index is 11.6. The van der Waals surface area contributed by atoms with Crippen LogP contribution in [0.1, 0.15) is 36.7 Å². The van der Waals surface area contributed by atoms with Crippen molar-refractivity contribution in [2.45, 2.75) is 31.6 Å². The van der Waals surface area contributed by atoms with Crippen LogP contribution in [0.25, 0.3) is 0 Å². The Morgan fingerprint density at radius 3 is 1.94 bits per heavy atom. The van der Waals surface area contributed by atoms with Gasteiger partial charge < -0.3 is 5.11 Å². The number of rotatable bonds is 3. The van der Waals surface area contributed by atoms with Crippen LogP contribution in [0.15, 0.2) is 24.3 Å². The molecule has 0 aliphatic rings. The summed E-state index contributed by atoms with van der Waals surface area (Å²) in [5.74, 6) is -1.04. The van der Waals surface area contributed by atoms with Gasteiger partial charge in [-0.05, 0) is 11.0 Å². The van der Waals surface area contributed by atoms with Gasteiger partial charge >= 0.3 is 0 Å². The van der Waals surface area contributed by atoms with Crippen molar-refractivity contribution in [2.75, 3.05) is 0 Å². The fourth-order valence-corrected chi connectivity index (χ4v) is 1.82. The van der Waals surface area contributed by atoms with E-state index in [-0.39, 0.29) is 11.0 Å². The Labute approximate surface area is 106 Å². The van der Waals surface area contributed by atoms with Gasteiger partial charge in [-0.3, -0.25) is 9.35 Å². The largest absolute Gasteiger partial charge is 0.369 e. The van der Waals surface area contributed by atoms with Crippen LogP contribution in [0.4, 0.5) is 0 Å². The van der Waals surface area contributed by atoms with Gasteiger partial charge in [0, 0.05) is 5.56 Å². The number of carbonyl (C=O) groups excluding carboxylic acids is 1. The Bertz CT molecular complexity index is 537. The Balaban J connectivity index is 3.04. The van der Waals surface area contributed by atoms with Crippen molar-refractivity contribution in [3.63, 3.8) is 0 Å². The van der Waals surface area contributed by atoms with Crippen LogP contribution in [-0.2, 0) is 15.5 Å². The Morgan fingerprint density at radius 2 is 1.61 bits per heavy atom. The molecule has 18 heavy (non-hydrogen) atoms. The Morgan fingerprint density at radius 1 is 1.17 bits per heavy atom. The molecule has 0 fully saturated rings. The predicted molar refractivity (Wildman–Crippen MR) is 67.0 cm³/mol. The van der Waals surface area contributed by atoms with Crippen LogP contribution in [0, 0.1) is 0 Å². The second-order valence-corrected chi connectivity index (χ2v) is 6.54. The van der Waals surface area contributed by atoms with Crippen molar-refractivity contribution in [1.82, 2.24) is 0 Å². The number of aliphatic hydroxyl groups excluding tert-OH is 1. The molecule has 0 radical (unpaired) electrons. The highest BCUT2D eigenvalue weighted by Crippen LogP contribution is 2.22. The van der Waals surface area contributed by atoms with Crippen LogP contribution in [0.2, 0.25) is 0 Å². The summed E-state index contributed by atoms with van der Waals surface area (Å²) in [4.78, 5) is 11.6. The quantitative estimate of drug-likeness (QED) is 0.640. The van der Waals surface area contributed by atoms with Gasteiger partial charge in [0.15, 0.2) is 0 Å². The van der Waals surface area contributed by atoms with Crippen LogP contribution < -0.4 is 0 Å². The van der Waals surface area contributed by atoms with Gasteiger partial charge in [0.25, 0.3) is 10.1 Å². The van der Waals surface area contributed by atoms with Crippen molar-refractivity contribution < 1.29 is 22.9 Å².